The average Bonchev–Trinajstić information content (AvgIpc) is 2.46. The van der Waals surface area contributed by atoms with Gasteiger partial charge in [-0.25, -0.2) is 4.39 Å². The molecular weight excluding hydrogens is 253 g/mol. The summed E-state index contributed by atoms with van der Waals surface area (Å²) in [4.78, 5) is 6.22. The molecule has 3 nitrogen and oxygen atoms in total. The Labute approximate surface area is 119 Å². The van der Waals surface area contributed by atoms with Gasteiger partial charge >= 0.3 is 0 Å². The molecule has 2 aromatic rings. The van der Waals surface area contributed by atoms with E-state index in [0.717, 1.165) is 23.4 Å². The fourth-order valence-electron chi connectivity index (χ4n) is 2.19. The second-order valence-corrected chi connectivity index (χ2v) is 4.94. The normalized spacial score (nSPS) is 12.0. The van der Waals surface area contributed by atoms with Gasteiger partial charge in [0.2, 0.25) is 0 Å². The standard InChI is InChI=1S/C16H20FN3/c1-4-14(12-5-7-13(17)8-6-12)19-15-11-18-10-9-16(15)20(2)3/h5-11,14,19H,4H2,1-3H3. The second-order valence-electron chi connectivity index (χ2n) is 4.94. The van der Waals surface area contributed by atoms with E-state index in [1.807, 2.05) is 43.4 Å². The number of hydrogen-bond donors (Lipinski definition) is 1. The summed E-state index contributed by atoms with van der Waals surface area (Å²) in [6.45, 7) is 2.10. The molecule has 0 saturated carbocycles. The van der Waals surface area contributed by atoms with Crippen LogP contribution in [0.15, 0.2) is 42.7 Å². The molecule has 0 saturated heterocycles. The predicted octanol–water partition coefficient (Wildman–Crippen LogP) is 3.85. The largest absolute Gasteiger partial charge is 0.376 e. The Morgan fingerprint density at radius 1 is 1.20 bits per heavy atom. The van der Waals surface area contributed by atoms with Gasteiger partial charge in [0.05, 0.1) is 23.6 Å². The Morgan fingerprint density at radius 2 is 1.90 bits per heavy atom. The van der Waals surface area contributed by atoms with Crippen LogP contribution in [0.3, 0.4) is 0 Å². The summed E-state index contributed by atoms with van der Waals surface area (Å²) in [5, 5.41) is 3.49. The molecule has 2 rings (SSSR count). The Hall–Kier alpha value is -2.10. The van der Waals surface area contributed by atoms with Crippen molar-refractivity contribution in [2.75, 3.05) is 24.3 Å². The van der Waals surface area contributed by atoms with Crippen LogP contribution in [0.1, 0.15) is 24.9 Å². The van der Waals surface area contributed by atoms with E-state index in [2.05, 4.69) is 17.2 Å². The molecule has 1 heterocycles. The number of nitrogens with one attached hydrogen (secondary N) is 1. The zero-order chi connectivity index (χ0) is 14.5. The quantitative estimate of drug-likeness (QED) is 0.897. The summed E-state index contributed by atoms with van der Waals surface area (Å²) in [6, 6.07) is 8.74. The van der Waals surface area contributed by atoms with E-state index in [1.54, 1.807) is 6.20 Å². The van der Waals surface area contributed by atoms with Gasteiger partial charge in [-0.3, -0.25) is 4.98 Å². The van der Waals surface area contributed by atoms with Crippen molar-refractivity contribution < 1.29 is 4.39 Å². The minimum Gasteiger partial charge on any atom is -0.376 e. The number of anilines is 2. The van der Waals surface area contributed by atoms with Crippen molar-refractivity contribution in [3.05, 3.63) is 54.1 Å². The van der Waals surface area contributed by atoms with E-state index in [4.69, 9.17) is 0 Å². The van der Waals surface area contributed by atoms with E-state index in [9.17, 15) is 4.39 Å². The molecule has 0 aliphatic heterocycles. The molecular formula is C16H20FN3. The monoisotopic (exact) mass is 273 g/mol. The first kappa shape index (κ1) is 14.3. The van der Waals surface area contributed by atoms with E-state index < -0.39 is 0 Å². The van der Waals surface area contributed by atoms with Crippen LogP contribution in [0, 0.1) is 5.82 Å². The first-order valence-corrected chi connectivity index (χ1v) is 6.75. The number of halogens is 1. The molecule has 1 unspecified atom stereocenters. The highest BCUT2D eigenvalue weighted by atomic mass is 19.1. The molecule has 0 amide bonds. The Morgan fingerprint density at radius 3 is 2.50 bits per heavy atom. The number of pyridine rings is 1. The van der Waals surface area contributed by atoms with Crippen molar-refractivity contribution in [3.63, 3.8) is 0 Å². The third-order valence-corrected chi connectivity index (χ3v) is 3.29. The third kappa shape index (κ3) is 3.26. The van der Waals surface area contributed by atoms with Crippen LogP contribution in [-0.2, 0) is 0 Å². The first-order chi connectivity index (χ1) is 9.61. The van der Waals surface area contributed by atoms with Crippen LogP contribution in [0.5, 0.6) is 0 Å². The first-order valence-electron chi connectivity index (χ1n) is 6.75. The zero-order valence-electron chi connectivity index (χ0n) is 12.1. The lowest BCUT2D eigenvalue weighted by molar-refractivity contribution is 0.625. The molecule has 0 spiro atoms. The molecule has 0 aliphatic carbocycles. The van der Waals surface area contributed by atoms with Crippen LogP contribution >= 0.6 is 0 Å². The van der Waals surface area contributed by atoms with Gasteiger partial charge in [-0.05, 0) is 30.2 Å². The lowest BCUT2D eigenvalue weighted by Crippen LogP contribution is -2.15. The molecule has 20 heavy (non-hydrogen) atoms. The second kappa shape index (κ2) is 6.37. The topological polar surface area (TPSA) is 28.2 Å². The summed E-state index contributed by atoms with van der Waals surface area (Å²) in [5.41, 5.74) is 3.14. The molecule has 4 heteroatoms. The summed E-state index contributed by atoms with van der Waals surface area (Å²) < 4.78 is 13.0. The zero-order valence-corrected chi connectivity index (χ0v) is 12.1. The van der Waals surface area contributed by atoms with E-state index in [1.165, 1.54) is 12.1 Å². The van der Waals surface area contributed by atoms with Crippen molar-refractivity contribution >= 4 is 11.4 Å². The van der Waals surface area contributed by atoms with Crippen molar-refractivity contribution in [1.82, 2.24) is 4.98 Å². The molecule has 106 valence electrons. The number of benzene rings is 1. The molecule has 1 N–H and O–H groups in total. The maximum atomic E-state index is 13.0. The van der Waals surface area contributed by atoms with Crippen molar-refractivity contribution in [2.24, 2.45) is 0 Å². The summed E-state index contributed by atoms with van der Waals surface area (Å²) in [7, 11) is 4.00. The molecule has 0 bridgehead atoms. The summed E-state index contributed by atoms with van der Waals surface area (Å²) >= 11 is 0. The highest BCUT2D eigenvalue weighted by molar-refractivity contribution is 5.68. The summed E-state index contributed by atoms with van der Waals surface area (Å²) in [5.74, 6) is -0.209. The number of aromatic nitrogens is 1. The van der Waals surface area contributed by atoms with Crippen molar-refractivity contribution in [2.45, 2.75) is 19.4 Å². The number of rotatable bonds is 5. The van der Waals surface area contributed by atoms with Crippen LogP contribution in [0.2, 0.25) is 0 Å². The number of nitrogens with zero attached hydrogens (tertiary/aromatic N) is 2. The fraction of sp³-hybridized carbons (Fsp3) is 0.312. The van der Waals surface area contributed by atoms with Crippen molar-refractivity contribution in [3.8, 4) is 0 Å². The van der Waals surface area contributed by atoms with Gasteiger partial charge in [0.1, 0.15) is 5.82 Å². The van der Waals surface area contributed by atoms with Crippen LogP contribution < -0.4 is 10.2 Å². The van der Waals surface area contributed by atoms with Gasteiger partial charge in [0.15, 0.2) is 0 Å². The Kier molecular flexibility index (Phi) is 4.56. The van der Waals surface area contributed by atoms with Gasteiger partial charge in [0.25, 0.3) is 0 Å². The van der Waals surface area contributed by atoms with E-state index >= 15 is 0 Å². The molecule has 0 radical (unpaired) electrons. The van der Waals surface area contributed by atoms with Crippen LogP contribution in [0.25, 0.3) is 0 Å². The van der Waals surface area contributed by atoms with Gasteiger partial charge in [-0.1, -0.05) is 19.1 Å². The lowest BCUT2D eigenvalue weighted by atomic mass is 10.0. The van der Waals surface area contributed by atoms with E-state index in [0.29, 0.717) is 0 Å². The Balaban J connectivity index is 2.24. The highest BCUT2D eigenvalue weighted by Crippen LogP contribution is 2.28. The number of hydrogen-bond acceptors (Lipinski definition) is 3. The highest BCUT2D eigenvalue weighted by Gasteiger charge is 2.12. The predicted molar refractivity (Wildman–Crippen MR) is 81.6 cm³/mol. The SMILES string of the molecule is CCC(Nc1cnccc1N(C)C)c1ccc(F)cc1. The molecule has 0 fully saturated rings. The summed E-state index contributed by atoms with van der Waals surface area (Å²) in [6.07, 6.45) is 4.51. The fourth-order valence-corrected chi connectivity index (χ4v) is 2.19. The molecule has 1 aromatic carbocycles. The molecule has 1 atom stereocenters. The van der Waals surface area contributed by atoms with Crippen LogP contribution in [-0.4, -0.2) is 19.1 Å². The maximum absolute atomic E-state index is 13.0. The van der Waals surface area contributed by atoms with Gasteiger partial charge < -0.3 is 10.2 Å². The third-order valence-electron chi connectivity index (χ3n) is 3.29. The van der Waals surface area contributed by atoms with Gasteiger partial charge in [-0.15, -0.1) is 0 Å². The Bertz CT molecular complexity index is 552. The average molecular weight is 273 g/mol. The molecule has 0 aliphatic rings. The van der Waals surface area contributed by atoms with E-state index in [-0.39, 0.29) is 11.9 Å². The minimum absolute atomic E-state index is 0.137. The lowest BCUT2D eigenvalue weighted by Gasteiger charge is -2.23. The van der Waals surface area contributed by atoms with Crippen LogP contribution in [0.4, 0.5) is 15.8 Å². The van der Waals surface area contributed by atoms with Gasteiger partial charge in [0, 0.05) is 20.3 Å². The smallest absolute Gasteiger partial charge is 0.123 e. The maximum Gasteiger partial charge on any atom is 0.123 e. The molecule has 1 aromatic heterocycles. The van der Waals surface area contributed by atoms with Crippen molar-refractivity contribution in [1.29, 1.82) is 0 Å². The minimum atomic E-state index is -0.209. The van der Waals surface area contributed by atoms with Gasteiger partial charge in [-0.2, -0.15) is 0 Å².